The lowest BCUT2D eigenvalue weighted by atomic mass is 9.85. The van der Waals surface area contributed by atoms with Gasteiger partial charge in [-0.05, 0) is 37.6 Å². The van der Waals surface area contributed by atoms with E-state index in [4.69, 9.17) is 15.1 Å². The van der Waals surface area contributed by atoms with Crippen molar-refractivity contribution in [1.29, 1.82) is 0 Å². The molecule has 2 aliphatic rings. The van der Waals surface area contributed by atoms with E-state index in [1.165, 1.54) is 17.7 Å². The van der Waals surface area contributed by atoms with Gasteiger partial charge in [0, 0.05) is 11.5 Å². The van der Waals surface area contributed by atoms with Gasteiger partial charge in [0.2, 0.25) is 0 Å². The van der Waals surface area contributed by atoms with E-state index in [0.29, 0.717) is 12.5 Å². The zero-order valence-electron chi connectivity index (χ0n) is 15.2. The summed E-state index contributed by atoms with van der Waals surface area (Å²) in [4.78, 5) is 8.02. The molecule has 1 saturated heterocycles. The second-order valence-corrected chi connectivity index (χ2v) is 6.86. The van der Waals surface area contributed by atoms with Crippen LogP contribution < -0.4 is 0 Å². The Kier molecular flexibility index (Phi) is 7.60. The maximum absolute atomic E-state index is 10.4. The number of nitrogens with zero attached hydrogens (tertiary/aromatic N) is 4. The Morgan fingerprint density at radius 3 is 2.73 bits per heavy atom. The zero-order chi connectivity index (χ0) is 19.3. The summed E-state index contributed by atoms with van der Waals surface area (Å²) in [7, 11) is 1.45. The SMILES string of the molecule is C=C(C)[C@@H]1CC=C(CN(OC)C2O[C@H](CO)C(N=[N+]=[N-])[C@H](O)[C@H]2O)CC1. The summed E-state index contributed by atoms with van der Waals surface area (Å²) < 4.78 is 5.67. The van der Waals surface area contributed by atoms with Crippen LogP contribution in [-0.2, 0) is 9.57 Å². The highest BCUT2D eigenvalue weighted by atomic mass is 16.7. The smallest absolute Gasteiger partial charge is 0.162 e. The summed E-state index contributed by atoms with van der Waals surface area (Å²) in [5.41, 5.74) is 10.9. The maximum atomic E-state index is 10.4. The summed E-state index contributed by atoms with van der Waals surface area (Å²) in [5, 5.41) is 35.0. The molecule has 0 saturated carbocycles. The van der Waals surface area contributed by atoms with Crippen molar-refractivity contribution < 1.29 is 24.9 Å². The van der Waals surface area contributed by atoms with E-state index >= 15 is 0 Å². The van der Waals surface area contributed by atoms with Crippen LogP contribution in [0.25, 0.3) is 10.4 Å². The summed E-state index contributed by atoms with van der Waals surface area (Å²) in [6.45, 7) is 5.99. The van der Waals surface area contributed by atoms with Crippen molar-refractivity contribution in [2.45, 2.75) is 56.8 Å². The van der Waals surface area contributed by atoms with Gasteiger partial charge in [0.25, 0.3) is 0 Å². The molecule has 9 nitrogen and oxygen atoms in total. The lowest BCUT2D eigenvalue weighted by Crippen LogP contribution is -2.62. The summed E-state index contributed by atoms with van der Waals surface area (Å²) in [6, 6.07) is -1.07. The molecule has 0 aromatic rings. The molecule has 9 heteroatoms. The number of aliphatic hydroxyl groups excluding tert-OH is 3. The third kappa shape index (κ3) is 4.63. The third-order valence-electron chi connectivity index (χ3n) is 5.13. The van der Waals surface area contributed by atoms with Crippen LogP contribution in [0.15, 0.2) is 28.9 Å². The molecule has 146 valence electrons. The van der Waals surface area contributed by atoms with Gasteiger partial charge < -0.3 is 20.1 Å². The van der Waals surface area contributed by atoms with Crippen LogP contribution >= 0.6 is 0 Å². The Morgan fingerprint density at radius 1 is 1.50 bits per heavy atom. The van der Waals surface area contributed by atoms with Gasteiger partial charge in [-0.25, -0.2) is 0 Å². The average Bonchev–Trinajstić information content (AvgIpc) is 2.64. The fourth-order valence-electron chi connectivity index (χ4n) is 3.46. The quantitative estimate of drug-likeness (QED) is 0.204. The number of azide groups is 1. The molecule has 1 heterocycles. The van der Waals surface area contributed by atoms with Gasteiger partial charge in [-0.15, -0.1) is 0 Å². The minimum Gasteiger partial charge on any atom is -0.394 e. The Balaban J connectivity index is 2.09. The van der Waals surface area contributed by atoms with Crippen molar-refractivity contribution in [3.63, 3.8) is 0 Å². The van der Waals surface area contributed by atoms with Gasteiger partial charge in [-0.3, -0.25) is 4.84 Å². The summed E-state index contributed by atoms with van der Waals surface area (Å²) in [6.07, 6.45) is 0.316. The number of hydrogen-bond donors (Lipinski definition) is 3. The Labute approximate surface area is 153 Å². The van der Waals surface area contributed by atoms with E-state index < -0.39 is 37.2 Å². The molecule has 0 amide bonds. The molecule has 2 unspecified atom stereocenters. The Morgan fingerprint density at radius 2 is 2.23 bits per heavy atom. The first-order valence-corrected chi connectivity index (χ1v) is 8.73. The molecule has 1 aliphatic carbocycles. The average molecular weight is 368 g/mol. The molecule has 0 spiro atoms. The van der Waals surface area contributed by atoms with Gasteiger partial charge in [-0.2, -0.15) is 5.06 Å². The van der Waals surface area contributed by atoms with Crippen molar-refractivity contribution in [2.24, 2.45) is 11.0 Å². The van der Waals surface area contributed by atoms with Crippen molar-refractivity contribution in [2.75, 3.05) is 20.3 Å². The normalized spacial score (nSPS) is 34.9. The second-order valence-electron chi connectivity index (χ2n) is 6.86. The van der Waals surface area contributed by atoms with Gasteiger partial charge in [0.05, 0.1) is 32.0 Å². The van der Waals surface area contributed by atoms with Crippen LogP contribution in [0.5, 0.6) is 0 Å². The van der Waals surface area contributed by atoms with Gasteiger partial charge in [-0.1, -0.05) is 28.9 Å². The van der Waals surface area contributed by atoms with Crippen LogP contribution in [0, 0.1) is 5.92 Å². The second kappa shape index (κ2) is 9.48. The number of allylic oxidation sites excluding steroid dienone is 2. The Bertz CT molecular complexity index is 576. The lowest BCUT2D eigenvalue weighted by molar-refractivity contribution is -0.309. The van der Waals surface area contributed by atoms with Gasteiger partial charge >= 0.3 is 0 Å². The first-order valence-electron chi connectivity index (χ1n) is 8.73. The van der Waals surface area contributed by atoms with Crippen LogP contribution in [0.1, 0.15) is 26.2 Å². The lowest BCUT2D eigenvalue weighted by Gasteiger charge is -2.44. The maximum Gasteiger partial charge on any atom is 0.162 e. The standard InChI is InChI=1S/C17H28N4O5/c1-10(2)12-6-4-11(5-7-12)8-21(25-3)17-16(24)15(23)14(19-20-18)13(9-22)26-17/h4,12-17,22-24H,1,5-9H2,2-3H3/t12-,13-,14?,15+,16-,17?/m1/s1. The fraction of sp³-hybridized carbons (Fsp3) is 0.765. The molecule has 3 N–H and O–H groups in total. The zero-order valence-corrected chi connectivity index (χ0v) is 15.2. The first kappa shape index (κ1) is 20.9. The predicted molar refractivity (Wildman–Crippen MR) is 94.6 cm³/mol. The van der Waals surface area contributed by atoms with Crippen LogP contribution in [0.4, 0.5) is 0 Å². The van der Waals surface area contributed by atoms with Crippen LogP contribution in [0.2, 0.25) is 0 Å². The molecular formula is C17H28N4O5. The highest BCUT2D eigenvalue weighted by molar-refractivity contribution is 5.13. The number of hydrogen-bond acceptors (Lipinski definition) is 7. The highest BCUT2D eigenvalue weighted by Gasteiger charge is 2.46. The number of aliphatic hydroxyl groups is 3. The molecular weight excluding hydrogens is 340 g/mol. The van der Waals surface area contributed by atoms with E-state index in [0.717, 1.165) is 24.8 Å². The van der Waals surface area contributed by atoms with E-state index in [1.54, 1.807) is 0 Å². The van der Waals surface area contributed by atoms with E-state index in [9.17, 15) is 15.3 Å². The largest absolute Gasteiger partial charge is 0.394 e. The first-order chi connectivity index (χ1) is 12.4. The van der Waals surface area contributed by atoms with Crippen molar-refractivity contribution in [1.82, 2.24) is 5.06 Å². The van der Waals surface area contributed by atoms with Crippen molar-refractivity contribution in [3.8, 4) is 0 Å². The molecule has 1 aliphatic heterocycles. The number of rotatable bonds is 7. The molecule has 6 atom stereocenters. The number of hydroxylamine groups is 2. The van der Waals surface area contributed by atoms with Gasteiger partial charge in [0.15, 0.2) is 6.23 Å². The molecule has 0 radical (unpaired) electrons. The molecule has 0 bridgehead atoms. The Hall–Kier alpha value is -1.45. The summed E-state index contributed by atoms with van der Waals surface area (Å²) >= 11 is 0. The molecule has 1 fully saturated rings. The minimum atomic E-state index is -1.37. The van der Waals surface area contributed by atoms with E-state index in [-0.39, 0.29) is 0 Å². The predicted octanol–water partition coefficient (Wildman–Crippen LogP) is 1.27. The monoisotopic (exact) mass is 368 g/mol. The topological polar surface area (TPSA) is 131 Å². The molecule has 0 aromatic carbocycles. The third-order valence-corrected chi connectivity index (χ3v) is 5.13. The van der Waals surface area contributed by atoms with Gasteiger partial charge in [0.1, 0.15) is 6.10 Å². The van der Waals surface area contributed by atoms with Crippen molar-refractivity contribution >= 4 is 0 Å². The number of ether oxygens (including phenoxy) is 1. The van der Waals surface area contributed by atoms with E-state index in [2.05, 4.69) is 22.7 Å². The highest BCUT2D eigenvalue weighted by Crippen LogP contribution is 2.31. The molecule has 2 rings (SSSR count). The van der Waals surface area contributed by atoms with Crippen molar-refractivity contribution in [3.05, 3.63) is 34.2 Å². The van der Waals surface area contributed by atoms with Crippen LogP contribution in [-0.4, -0.2) is 71.2 Å². The van der Waals surface area contributed by atoms with Crippen LogP contribution in [0.3, 0.4) is 0 Å². The fourth-order valence-corrected chi connectivity index (χ4v) is 3.46. The summed E-state index contributed by atoms with van der Waals surface area (Å²) in [5.74, 6) is 0.483. The molecule has 0 aromatic heterocycles. The minimum absolute atomic E-state index is 0.401. The van der Waals surface area contributed by atoms with E-state index in [1.807, 2.05) is 6.92 Å². The molecule has 26 heavy (non-hydrogen) atoms.